The Morgan fingerprint density at radius 2 is 2.08 bits per heavy atom. The van der Waals surface area contributed by atoms with Gasteiger partial charge >= 0.3 is 0 Å². The molecule has 1 aromatic carbocycles. The van der Waals surface area contributed by atoms with E-state index < -0.39 is 0 Å². The molecular weight excluding hydrogens is 300 g/mol. The lowest BCUT2D eigenvalue weighted by Crippen LogP contribution is -2.47. The van der Waals surface area contributed by atoms with Gasteiger partial charge in [-0.25, -0.2) is 0 Å². The van der Waals surface area contributed by atoms with E-state index in [2.05, 4.69) is 29.7 Å². The third-order valence-electron chi connectivity index (χ3n) is 6.02. The van der Waals surface area contributed by atoms with E-state index in [-0.39, 0.29) is 23.5 Å². The quantitative estimate of drug-likeness (QED) is 0.875. The summed E-state index contributed by atoms with van der Waals surface area (Å²) in [6.07, 6.45) is 7.46. The molecule has 2 fully saturated rings. The number of carbonyl (C=O) groups is 1. The Kier molecular flexibility index (Phi) is 4.25. The van der Waals surface area contributed by atoms with Crippen LogP contribution in [0.5, 0.6) is 5.75 Å². The van der Waals surface area contributed by atoms with Gasteiger partial charge in [-0.3, -0.25) is 4.79 Å². The van der Waals surface area contributed by atoms with E-state index in [1.54, 1.807) is 0 Å². The maximum Gasteiger partial charge on any atom is 0.223 e. The third kappa shape index (κ3) is 3.04. The summed E-state index contributed by atoms with van der Waals surface area (Å²) in [5.41, 5.74) is 1.08. The van der Waals surface area contributed by atoms with E-state index in [0.29, 0.717) is 6.04 Å². The SMILES string of the molecule is C[C@H]1C[C@@H](C(=O)NC2CC3(CCCC3)Oc3ccccc32)CCN1. The number of hydrogen-bond acceptors (Lipinski definition) is 3. The van der Waals surface area contributed by atoms with Crippen molar-refractivity contribution in [3.63, 3.8) is 0 Å². The highest BCUT2D eigenvalue weighted by atomic mass is 16.5. The van der Waals surface area contributed by atoms with Crippen LogP contribution in [0, 0.1) is 5.92 Å². The average molecular weight is 328 g/mol. The third-order valence-corrected chi connectivity index (χ3v) is 6.02. The van der Waals surface area contributed by atoms with Crippen LogP contribution >= 0.6 is 0 Å². The monoisotopic (exact) mass is 328 g/mol. The first kappa shape index (κ1) is 15.9. The second-order valence-corrected chi connectivity index (χ2v) is 7.87. The minimum absolute atomic E-state index is 0.0618. The molecule has 2 aliphatic heterocycles. The first-order chi connectivity index (χ1) is 11.7. The molecule has 0 radical (unpaired) electrons. The molecule has 4 heteroatoms. The van der Waals surface area contributed by atoms with Crippen molar-refractivity contribution in [2.75, 3.05) is 6.54 Å². The predicted octanol–water partition coefficient (Wildman–Crippen LogP) is 3.33. The summed E-state index contributed by atoms with van der Waals surface area (Å²) in [5, 5.41) is 6.80. The van der Waals surface area contributed by atoms with Crippen LogP contribution in [0.2, 0.25) is 0 Å². The minimum Gasteiger partial charge on any atom is -0.487 e. The lowest BCUT2D eigenvalue weighted by atomic mass is 9.85. The van der Waals surface area contributed by atoms with Crippen molar-refractivity contribution in [3.8, 4) is 5.75 Å². The number of rotatable bonds is 2. The molecule has 1 aromatic rings. The minimum atomic E-state index is -0.0618. The van der Waals surface area contributed by atoms with Crippen LogP contribution in [0.15, 0.2) is 24.3 Å². The molecule has 4 nitrogen and oxygen atoms in total. The number of hydrogen-bond donors (Lipinski definition) is 2. The van der Waals surface area contributed by atoms with Crippen molar-refractivity contribution in [3.05, 3.63) is 29.8 Å². The van der Waals surface area contributed by atoms with E-state index in [0.717, 1.165) is 50.0 Å². The van der Waals surface area contributed by atoms with Crippen molar-refractivity contribution in [2.24, 2.45) is 5.92 Å². The lowest BCUT2D eigenvalue weighted by Gasteiger charge is -2.41. The van der Waals surface area contributed by atoms with Gasteiger partial charge in [0.2, 0.25) is 5.91 Å². The maximum atomic E-state index is 12.8. The zero-order chi connectivity index (χ0) is 16.6. The van der Waals surface area contributed by atoms with Crippen LogP contribution in [-0.2, 0) is 4.79 Å². The van der Waals surface area contributed by atoms with E-state index in [1.807, 2.05) is 12.1 Å². The molecule has 1 saturated carbocycles. The molecular formula is C20H28N2O2. The van der Waals surface area contributed by atoms with E-state index in [1.165, 1.54) is 12.8 Å². The van der Waals surface area contributed by atoms with Crippen LogP contribution < -0.4 is 15.4 Å². The van der Waals surface area contributed by atoms with Crippen LogP contribution in [0.25, 0.3) is 0 Å². The summed E-state index contributed by atoms with van der Waals surface area (Å²) in [6.45, 7) is 3.10. The second-order valence-electron chi connectivity index (χ2n) is 7.87. The highest BCUT2D eigenvalue weighted by Crippen LogP contribution is 2.47. The molecule has 2 heterocycles. The molecule has 1 spiro atoms. The topological polar surface area (TPSA) is 50.4 Å². The number of benzene rings is 1. The molecule has 1 unspecified atom stereocenters. The Labute approximate surface area is 144 Å². The molecule has 1 aliphatic carbocycles. The molecule has 1 saturated heterocycles. The smallest absolute Gasteiger partial charge is 0.223 e. The molecule has 3 atom stereocenters. The van der Waals surface area contributed by atoms with Crippen molar-refractivity contribution >= 4 is 5.91 Å². The fraction of sp³-hybridized carbons (Fsp3) is 0.650. The zero-order valence-electron chi connectivity index (χ0n) is 14.5. The molecule has 130 valence electrons. The first-order valence-corrected chi connectivity index (χ1v) is 9.47. The van der Waals surface area contributed by atoms with Gasteiger partial charge < -0.3 is 15.4 Å². The maximum absolute atomic E-state index is 12.8. The van der Waals surface area contributed by atoms with E-state index in [4.69, 9.17) is 4.74 Å². The van der Waals surface area contributed by atoms with Crippen LogP contribution in [0.3, 0.4) is 0 Å². The number of para-hydroxylation sites is 1. The van der Waals surface area contributed by atoms with Gasteiger partial charge in [-0.15, -0.1) is 0 Å². The van der Waals surface area contributed by atoms with Gasteiger partial charge in [0.05, 0.1) is 6.04 Å². The van der Waals surface area contributed by atoms with Crippen LogP contribution in [0.4, 0.5) is 0 Å². The van der Waals surface area contributed by atoms with Crippen molar-refractivity contribution in [1.29, 1.82) is 0 Å². The van der Waals surface area contributed by atoms with Gasteiger partial charge in [-0.2, -0.15) is 0 Å². The van der Waals surface area contributed by atoms with Gasteiger partial charge in [0.25, 0.3) is 0 Å². The van der Waals surface area contributed by atoms with Crippen LogP contribution in [0.1, 0.15) is 63.5 Å². The summed E-state index contributed by atoms with van der Waals surface area (Å²) in [4.78, 5) is 12.8. The largest absolute Gasteiger partial charge is 0.487 e. The number of nitrogens with one attached hydrogen (secondary N) is 2. The number of carbonyl (C=O) groups excluding carboxylic acids is 1. The van der Waals surface area contributed by atoms with Gasteiger partial charge in [-0.1, -0.05) is 18.2 Å². The second kappa shape index (κ2) is 6.40. The summed E-state index contributed by atoms with van der Waals surface area (Å²) in [7, 11) is 0. The Balaban J connectivity index is 1.53. The lowest BCUT2D eigenvalue weighted by molar-refractivity contribution is -0.127. The molecule has 0 bridgehead atoms. The van der Waals surface area contributed by atoms with Crippen LogP contribution in [-0.4, -0.2) is 24.1 Å². The van der Waals surface area contributed by atoms with Crippen molar-refractivity contribution in [1.82, 2.24) is 10.6 Å². The fourth-order valence-corrected chi connectivity index (χ4v) is 4.73. The van der Waals surface area contributed by atoms with Gasteiger partial charge in [0.15, 0.2) is 0 Å². The molecule has 3 aliphatic rings. The van der Waals surface area contributed by atoms with Gasteiger partial charge in [0.1, 0.15) is 11.4 Å². The number of piperidine rings is 1. The van der Waals surface area contributed by atoms with Gasteiger partial charge in [-0.05, 0) is 58.1 Å². The first-order valence-electron chi connectivity index (χ1n) is 9.47. The zero-order valence-corrected chi connectivity index (χ0v) is 14.5. The van der Waals surface area contributed by atoms with E-state index in [9.17, 15) is 4.79 Å². The summed E-state index contributed by atoms with van der Waals surface area (Å²) >= 11 is 0. The molecule has 24 heavy (non-hydrogen) atoms. The Hall–Kier alpha value is -1.55. The summed E-state index contributed by atoms with van der Waals surface area (Å²) in [6, 6.07) is 8.75. The van der Waals surface area contributed by atoms with Crippen molar-refractivity contribution < 1.29 is 9.53 Å². The number of amides is 1. The molecule has 0 aromatic heterocycles. The highest BCUT2D eigenvalue weighted by molar-refractivity contribution is 5.79. The normalized spacial score (nSPS) is 31.3. The summed E-state index contributed by atoms with van der Waals surface area (Å²) < 4.78 is 6.39. The van der Waals surface area contributed by atoms with Crippen molar-refractivity contribution in [2.45, 2.75) is 69.6 Å². The highest BCUT2D eigenvalue weighted by Gasteiger charge is 2.43. The number of ether oxygens (including phenoxy) is 1. The average Bonchev–Trinajstić information content (AvgIpc) is 3.02. The van der Waals surface area contributed by atoms with Gasteiger partial charge in [0, 0.05) is 23.9 Å². The predicted molar refractivity (Wildman–Crippen MR) is 94.0 cm³/mol. The fourth-order valence-electron chi connectivity index (χ4n) is 4.73. The Bertz CT molecular complexity index is 609. The summed E-state index contributed by atoms with van der Waals surface area (Å²) in [5.74, 6) is 1.32. The molecule has 2 N–H and O–H groups in total. The Morgan fingerprint density at radius 1 is 1.29 bits per heavy atom. The Morgan fingerprint density at radius 3 is 2.88 bits per heavy atom. The van der Waals surface area contributed by atoms with E-state index >= 15 is 0 Å². The number of fused-ring (bicyclic) bond motifs is 1. The molecule has 4 rings (SSSR count). The standard InChI is InChI=1S/C20H28N2O2/c1-14-12-15(8-11-21-14)19(23)22-17-13-20(9-4-5-10-20)24-18-7-3-2-6-16(17)18/h2-3,6-7,14-15,17,21H,4-5,8-13H2,1H3,(H,22,23)/t14-,15-,17?/m0/s1. The molecule has 1 amide bonds.